The maximum absolute atomic E-state index is 12.3. The number of likely N-dealkylation sites (N-methyl/N-ethyl adjacent to an activating group) is 1. The number of hydrogen-bond donors (Lipinski definition) is 1. The third-order valence-corrected chi connectivity index (χ3v) is 3.72. The first-order valence-electron chi connectivity index (χ1n) is 7.17. The predicted octanol–water partition coefficient (Wildman–Crippen LogP) is 0.979. The summed E-state index contributed by atoms with van der Waals surface area (Å²) in [6.07, 6.45) is 5.73. The van der Waals surface area contributed by atoms with Crippen molar-refractivity contribution >= 4 is 11.9 Å². The Morgan fingerprint density at radius 1 is 1.38 bits per heavy atom. The van der Waals surface area contributed by atoms with E-state index in [-0.39, 0.29) is 12.5 Å². The lowest BCUT2D eigenvalue weighted by molar-refractivity contribution is -0.152. The fourth-order valence-corrected chi connectivity index (χ4v) is 2.66. The summed E-state index contributed by atoms with van der Waals surface area (Å²) in [6.45, 7) is 1.41. The van der Waals surface area contributed by atoms with Gasteiger partial charge in [-0.3, -0.25) is 14.7 Å². The molecule has 1 unspecified atom stereocenters. The number of aromatic nitrogens is 1. The van der Waals surface area contributed by atoms with Gasteiger partial charge >= 0.3 is 5.97 Å². The van der Waals surface area contributed by atoms with Crippen LogP contribution in [0.15, 0.2) is 24.5 Å². The van der Waals surface area contributed by atoms with Gasteiger partial charge in [0.05, 0.1) is 6.54 Å². The fourth-order valence-electron chi connectivity index (χ4n) is 2.66. The van der Waals surface area contributed by atoms with Gasteiger partial charge in [-0.2, -0.15) is 0 Å². The molecule has 0 aromatic carbocycles. The van der Waals surface area contributed by atoms with Crippen molar-refractivity contribution in [2.75, 3.05) is 20.1 Å². The summed E-state index contributed by atoms with van der Waals surface area (Å²) in [7, 11) is 1.86. The first-order valence-corrected chi connectivity index (χ1v) is 7.17. The number of amides is 1. The molecule has 1 saturated heterocycles. The summed E-state index contributed by atoms with van der Waals surface area (Å²) >= 11 is 0. The van der Waals surface area contributed by atoms with Crippen LogP contribution in [0.25, 0.3) is 0 Å². The topological polar surface area (TPSA) is 73.7 Å². The quantitative estimate of drug-likeness (QED) is 0.875. The van der Waals surface area contributed by atoms with E-state index in [1.807, 2.05) is 24.1 Å². The standard InChI is InChI=1S/C15H21N3O3/c1-17(10-12-5-7-16-8-6-12)11-14(19)18-9-3-2-4-13(18)15(20)21/h5-8,13H,2-4,9-11H2,1H3,(H,20,21). The summed E-state index contributed by atoms with van der Waals surface area (Å²) in [5.74, 6) is -1.02. The van der Waals surface area contributed by atoms with Crippen LogP contribution >= 0.6 is 0 Å². The van der Waals surface area contributed by atoms with E-state index >= 15 is 0 Å². The van der Waals surface area contributed by atoms with Gasteiger partial charge in [0, 0.05) is 25.5 Å². The zero-order valence-corrected chi connectivity index (χ0v) is 12.2. The maximum Gasteiger partial charge on any atom is 0.326 e. The van der Waals surface area contributed by atoms with Gasteiger partial charge in [-0.25, -0.2) is 4.79 Å². The molecule has 21 heavy (non-hydrogen) atoms. The van der Waals surface area contributed by atoms with Gasteiger partial charge in [-0.05, 0) is 44.0 Å². The highest BCUT2D eigenvalue weighted by atomic mass is 16.4. The second-order valence-corrected chi connectivity index (χ2v) is 5.46. The van der Waals surface area contributed by atoms with Crippen molar-refractivity contribution in [2.45, 2.75) is 31.8 Å². The van der Waals surface area contributed by atoms with Crippen LogP contribution in [0.4, 0.5) is 0 Å². The Labute approximate surface area is 124 Å². The first kappa shape index (κ1) is 15.4. The van der Waals surface area contributed by atoms with Crippen LogP contribution in [-0.2, 0) is 16.1 Å². The molecule has 0 aliphatic carbocycles. The van der Waals surface area contributed by atoms with E-state index in [1.54, 1.807) is 12.4 Å². The molecule has 0 bridgehead atoms. The molecule has 1 aromatic heterocycles. The minimum absolute atomic E-state index is 0.112. The third-order valence-electron chi connectivity index (χ3n) is 3.72. The summed E-state index contributed by atoms with van der Waals surface area (Å²) in [4.78, 5) is 30.9. The molecule has 2 rings (SSSR count). The number of pyridine rings is 1. The van der Waals surface area contributed by atoms with E-state index in [9.17, 15) is 14.7 Å². The molecule has 0 saturated carbocycles. The Morgan fingerprint density at radius 3 is 2.76 bits per heavy atom. The Hall–Kier alpha value is -1.95. The molecule has 1 aromatic rings. The zero-order chi connectivity index (χ0) is 15.2. The van der Waals surface area contributed by atoms with Gasteiger partial charge < -0.3 is 10.0 Å². The molecule has 0 radical (unpaired) electrons. The second-order valence-electron chi connectivity index (χ2n) is 5.46. The van der Waals surface area contributed by atoms with Crippen LogP contribution in [0.2, 0.25) is 0 Å². The highest BCUT2D eigenvalue weighted by molar-refractivity contribution is 5.85. The lowest BCUT2D eigenvalue weighted by atomic mass is 10.0. The Balaban J connectivity index is 1.91. The second kappa shape index (κ2) is 7.17. The van der Waals surface area contributed by atoms with Crippen LogP contribution in [0.1, 0.15) is 24.8 Å². The van der Waals surface area contributed by atoms with Gasteiger partial charge in [0.15, 0.2) is 0 Å². The Bertz CT molecular complexity index is 492. The molecular formula is C15H21N3O3. The number of hydrogen-bond acceptors (Lipinski definition) is 4. The van der Waals surface area contributed by atoms with E-state index < -0.39 is 12.0 Å². The van der Waals surface area contributed by atoms with Gasteiger partial charge in [-0.15, -0.1) is 0 Å². The monoisotopic (exact) mass is 291 g/mol. The normalized spacial score (nSPS) is 18.8. The van der Waals surface area contributed by atoms with Crippen LogP contribution in [-0.4, -0.2) is 57.9 Å². The number of aliphatic carboxylic acids is 1. The van der Waals surface area contributed by atoms with Crippen molar-refractivity contribution < 1.29 is 14.7 Å². The molecule has 114 valence electrons. The smallest absolute Gasteiger partial charge is 0.326 e. The van der Waals surface area contributed by atoms with Gasteiger partial charge in [0.25, 0.3) is 0 Å². The van der Waals surface area contributed by atoms with Crippen molar-refractivity contribution in [2.24, 2.45) is 0 Å². The minimum atomic E-state index is -0.903. The number of likely N-dealkylation sites (tertiary alicyclic amines) is 1. The van der Waals surface area contributed by atoms with Gasteiger partial charge in [0.2, 0.25) is 5.91 Å². The number of carboxylic acid groups (broad SMARTS) is 1. The van der Waals surface area contributed by atoms with Crippen molar-refractivity contribution in [1.29, 1.82) is 0 Å². The van der Waals surface area contributed by atoms with Crippen molar-refractivity contribution in [3.05, 3.63) is 30.1 Å². The molecule has 0 spiro atoms. The zero-order valence-electron chi connectivity index (χ0n) is 12.2. The minimum Gasteiger partial charge on any atom is -0.480 e. The average Bonchev–Trinajstić information content (AvgIpc) is 2.48. The lowest BCUT2D eigenvalue weighted by Crippen LogP contribution is -2.50. The first-order chi connectivity index (χ1) is 10.1. The summed E-state index contributed by atoms with van der Waals surface area (Å²) < 4.78 is 0. The molecule has 1 amide bonds. The molecular weight excluding hydrogens is 270 g/mol. The van der Waals surface area contributed by atoms with Crippen LogP contribution < -0.4 is 0 Å². The summed E-state index contributed by atoms with van der Waals surface area (Å²) in [5.41, 5.74) is 1.08. The SMILES string of the molecule is CN(CC(=O)N1CCCCC1C(=O)O)Cc1ccncc1. The molecule has 1 fully saturated rings. The largest absolute Gasteiger partial charge is 0.480 e. The molecule has 6 nitrogen and oxygen atoms in total. The molecule has 6 heteroatoms. The molecule has 1 N–H and O–H groups in total. The lowest BCUT2D eigenvalue weighted by Gasteiger charge is -2.34. The summed E-state index contributed by atoms with van der Waals surface area (Å²) in [5, 5.41) is 9.21. The number of nitrogens with zero attached hydrogens (tertiary/aromatic N) is 3. The number of rotatable bonds is 5. The average molecular weight is 291 g/mol. The van der Waals surface area contributed by atoms with Crippen LogP contribution in [0.3, 0.4) is 0 Å². The fraction of sp³-hybridized carbons (Fsp3) is 0.533. The highest BCUT2D eigenvalue weighted by Crippen LogP contribution is 2.17. The van der Waals surface area contributed by atoms with E-state index in [0.717, 1.165) is 18.4 Å². The molecule has 1 atom stereocenters. The van der Waals surface area contributed by atoms with E-state index in [0.29, 0.717) is 19.5 Å². The Kier molecular flexibility index (Phi) is 5.27. The van der Waals surface area contributed by atoms with Crippen molar-refractivity contribution in [1.82, 2.24) is 14.8 Å². The molecule has 2 heterocycles. The third kappa shape index (κ3) is 4.26. The Morgan fingerprint density at radius 2 is 2.10 bits per heavy atom. The predicted molar refractivity (Wildman–Crippen MR) is 77.6 cm³/mol. The van der Waals surface area contributed by atoms with Crippen molar-refractivity contribution in [3.63, 3.8) is 0 Å². The van der Waals surface area contributed by atoms with Gasteiger partial charge in [-0.1, -0.05) is 0 Å². The van der Waals surface area contributed by atoms with Crippen LogP contribution in [0, 0.1) is 0 Å². The van der Waals surface area contributed by atoms with Gasteiger partial charge in [0.1, 0.15) is 6.04 Å². The van der Waals surface area contributed by atoms with E-state index in [2.05, 4.69) is 4.98 Å². The summed E-state index contributed by atoms with van der Waals surface area (Å²) in [6, 6.07) is 3.14. The highest BCUT2D eigenvalue weighted by Gasteiger charge is 2.31. The van der Waals surface area contributed by atoms with Crippen molar-refractivity contribution in [3.8, 4) is 0 Å². The molecule has 1 aliphatic heterocycles. The number of piperidine rings is 1. The maximum atomic E-state index is 12.3. The number of carboxylic acids is 1. The van der Waals surface area contributed by atoms with E-state index in [4.69, 9.17) is 0 Å². The van der Waals surface area contributed by atoms with Crippen LogP contribution in [0.5, 0.6) is 0 Å². The number of carbonyl (C=O) groups is 2. The number of carbonyl (C=O) groups excluding carboxylic acids is 1. The molecule has 1 aliphatic rings. The van der Waals surface area contributed by atoms with E-state index in [1.165, 1.54) is 4.90 Å².